The van der Waals surface area contributed by atoms with E-state index in [0.29, 0.717) is 0 Å². The van der Waals surface area contributed by atoms with Crippen LogP contribution in [-0.4, -0.2) is 21.4 Å². The summed E-state index contributed by atoms with van der Waals surface area (Å²) in [5.74, 6) is -0.195. The van der Waals surface area contributed by atoms with Crippen molar-refractivity contribution >= 4 is 46.3 Å². The number of methoxy groups -OCH3 is 1. The second kappa shape index (κ2) is 12.8. The van der Waals surface area contributed by atoms with E-state index in [1.54, 1.807) is 0 Å². The number of hydrogen-bond donors (Lipinski definition) is 0. The predicted octanol–water partition coefficient (Wildman–Crippen LogP) is 7.96. The first-order valence-corrected chi connectivity index (χ1v) is 16.3. The fourth-order valence-corrected chi connectivity index (χ4v) is 10.1. The van der Waals surface area contributed by atoms with Crippen LogP contribution in [0.2, 0.25) is 5.04 Å². The topological polar surface area (TPSA) is 35.5 Å². The number of benzene rings is 4. The molecular weight excluding hydrogens is 576 g/mol. The Morgan fingerprint density at radius 2 is 1.25 bits per heavy atom. The fraction of sp³-hybridized carbons (Fsp3) is 0.229. The van der Waals surface area contributed by atoms with Gasteiger partial charge < -0.3 is 9.16 Å². The molecule has 0 heterocycles. The molecule has 5 heteroatoms. The molecule has 0 spiro atoms. The maximum Gasteiger partial charge on any atom is 0.319 e. The van der Waals surface area contributed by atoms with Gasteiger partial charge in [0.1, 0.15) is 5.76 Å². The molecule has 0 aliphatic carbocycles. The molecule has 4 aromatic rings. The Hall–Kier alpha value is -3.41. The van der Waals surface area contributed by atoms with Crippen LogP contribution in [0.15, 0.2) is 126 Å². The lowest BCUT2D eigenvalue weighted by Gasteiger charge is -2.43. The van der Waals surface area contributed by atoms with Crippen molar-refractivity contribution in [2.45, 2.75) is 38.7 Å². The number of hydrogen-bond acceptors (Lipinski definition) is 3. The van der Waals surface area contributed by atoms with E-state index in [1.807, 2.05) is 54.6 Å². The van der Waals surface area contributed by atoms with E-state index in [1.165, 1.54) is 17.5 Å². The molecule has 0 aliphatic rings. The third kappa shape index (κ3) is 6.32. The van der Waals surface area contributed by atoms with Crippen LogP contribution in [0, 0.1) is 5.92 Å². The van der Waals surface area contributed by atoms with Gasteiger partial charge in [-0.05, 0) is 45.1 Å². The Labute approximate surface area is 248 Å². The van der Waals surface area contributed by atoms with Gasteiger partial charge in [0.2, 0.25) is 0 Å². The molecule has 3 nitrogen and oxygen atoms in total. The number of carbonyl (C=O) groups excluding carboxylic acids is 1. The average Bonchev–Trinajstić information content (AvgIpc) is 2.97. The quantitative estimate of drug-likeness (QED) is 0.109. The molecule has 0 aliphatic heterocycles. The van der Waals surface area contributed by atoms with Crippen molar-refractivity contribution in [2.24, 2.45) is 5.92 Å². The first kappa shape index (κ1) is 29.6. The Morgan fingerprint density at radius 1 is 0.775 bits per heavy atom. The van der Waals surface area contributed by atoms with Gasteiger partial charge in [-0.1, -0.05) is 147 Å². The number of halogens is 1. The van der Waals surface area contributed by atoms with E-state index in [9.17, 15) is 4.79 Å². The number of ether oxygens (including phenoxy) is 1. The normalized spacial score (nSPS) is 13.8. The van der Waals surface area contributed by atoms with E-state index >= 15 is 0 Å². The zero-order valence-electron chi connectivity index (χ0n) is 23.8. The molecule has 0 unspecified atom stereocenters. The molecule has 2 atom stereocenters. The highest BCUT2D eigenvalue weighted by molar-refractivity contribution is 9.10. The first-order chi connectivity index (χ1) is 19.2. The van der Waals surface area contributed by atoms with Gasteiger partial charge in [-0.2, -0.15) is 0 Å². The van der Waals surface area contributed by atoms with E-state index in [2.05, 4.69) is 110 Å². The lowest BCUT2D eigenvalue weighted by Crippen LogP contribution is -2.66. The molecule has 0 amide bonds. The monoisotopic (exact) mass is 612 g/mol. The molecule has 0 N–H and O–H groups in total. The van der Waals surface area contributed by atoms with Gasteiger partial charge in [-0.25, -0.2) is 0 Å². The minimum Gasteiger partial charge on any atom is -0.534 e. The van der Waals surface area contributed by atoms with E-state index < -0.39 is 14.2 Å². The molecule has 4 rings (SSSR count). The van der Waals surface area contributed by atoms with Crippen molar-refractivity contribution < 1.29 is 14.0 Å². The van der Waals surface area contributed by atoms with Crippen LogP contribution in [0.25, 0.3) is 5.76 Å². The summed E-state index contributed by atoms with van der Waals surface area (Å²) in [6.45, 7) is 8.86. The third-order valence-corrected chi connectivity index (χ3v) is 12.8. The Balaban J connectivity index is 1.93. The second-order valence-corrected chi connectivity index (χ2v) is 16.2. The van der Waals surface area contributed by atoms with Crippen LogP contribution >= 0.6 is 15.9 Å². The summed E-state index contributed by atoms with van der Waals surface area (Å²) in [5, 5.41) is 2.18. The van der Waals surface area contributed by atoms with Crippen molar-refractivity contribution in [1.82, 2.24) is 0 Å². The molecule has 206 valence electrons. The van der Waals surface area contributed by atoms with E-state index in [-0.39, 0.29) is 16.9 Å². The molecule has 0 saturated carbocycles. The highest BCUT2D eigenvalue weighted by Crippen LogP contribution is 2.40. The predicted molar refractivity (Wildman–Crippen MR) is 171 cm³/mol. The van der Waals surface area contributed by atoms with Gasteiger partial charge in [-0.3, -0.25) is 4.79 Å². The van der Waals surface area contributed by atoms with Crippen molar-refractivity contribution in [2.75, 3.05) is 7.11 Å². The van der Waals surface area contributed by atoms with E-state index in [0.717, 1.165) is 21.4 Å². The van der Waals surface area contributed by atoms with Crippen LogP contribution in [0.5, 0.6) is 0 Å². The first-order valence-electron chi connectivity index (χ1n) is 13.6. The van der Waals surface area contributed by atoms with E-state index in [4.69, 9.17) is 9.16 Å². The second-order valence-electron chi connectivity index (χ2n) is 11.1. The highest BCUT2D eigenvalue weighted by Gasteiger charge is 2.52. The summed E-state index contributed by atoms with van der Waals surface area (Å²) in [4.78, 5) is 13.1. The molecule has 0 fully saturated rings. The largest absolute Gasteiger partial charge is 0.534 e. The summed E-state index contributed by atoms with van der Waals surface area (Å²) in [6, 6.07) is 39.3. The number of rotatable bonds is 9. The minimum absolute atomic E-state index is 0.206. The Bertz CT molecular complexity index is 1370. The van der Waals surface area contributed by atoms with Gasteiger partial charge >= 0.3 is 14.3 Å². The summed E-state index contributed by atoms with van der Waals surface area (Å²) in [6.07, 6.45) is 2.11. The summed E-state index contributed by atoms with van der Waals surface area (Å²) < 4.78 is 13.7. The molecule has 0 bridgehead atoms. The summed E-state index contributed by atoms with van der Waals surface area (Å²) in [7, 11) is -1.46. The molecule has 0 saturated heterocycles. The lowest BCUT2D eigenvalue weighted by atomic mass is 9.86. The zero-order chi connectivity index (χ0) is 28.8. The third-order valence-electron chi connectivity index (χ3n) is 7.36. The Morgan fingerprint density at radius 3 is 1.70 bits per heavy atom. The fourth-order valence-electron chi connectivity index (χ4n) is 5.39. The lowest BCUT2D eigenvalue weighted by molar-refractivity contribution is -0.143. The van der Waals surface area contributed by atoms with Gasteiger partial charge in [-0.15, -0.1) is 0 Å². The van der Waals surface area contributed by atoms with Crippen LogP contribution < -0.4 is 10.4 Å². The smallest absolute Gasteiger partial charge is 0.319 e. The van der Waals surface area contributed by atoms with Crippen molar-refractivity contribution in [3.63, 3.8) is 0 Å². The molecule has 40 heavy (non-hydrogen) atoms. The SMILES string of the molecule is COC(=O)[C@@H](c1ccc(Br)cc1)[C@H](C)/C=C(\O[Si](c1ccccc1)(c1ccccc1)C(C)(C)C)c1ccccc1. The summed E-state index contributed by atoms with van der Waals surface area (Å²) in [5.41, 5.74) is 1.87. The van der Waals surface area contributed by atoms with Crippen LogP contribution in [0.1, 0.15) is 44.7 Å². The average molecular weight is 614 g/mol. The highest BCUT2D eigenvalue weighted by atomic mass is 79.9. The van der Waals surface area contributed by atoms with Crippen LogP contribution in [-0.2, 0) is 14.0 Å². The van der Waals surface area contributed by atoms with Crippen LogP contribution in [0.4, 0.5) is 0 Å². The van der Waals surface area contributed by atoms with Gasteiger partial charge in [0.15, 0.2) is 0 Å². The maximum absolute atomic E-state index is 13.1. The number of carbonyl (C=O) groups is 1. The van der Waals surface area contributed by atoms with Gasteiger partial charge in [0.25, 0.3) is 0 Å². The Kier molecular flexibility index (Phi) is 9.49. The van der Waals surface area contributed by atoms with Crippen molar-refractivity contribution in [3.8, 4) is 0 Å². The van der Waals surface area contributed by atoms with Crippen LogP contribution in [0.3, 0.4) is 0 Å². The molecule has 0 radical (unpaired) electrons. The maximum atomic E-state index is 13.1. The van der Waals surface area contributed by atoms with Crippen molar-refractivity contribution in [3.05, 3.63) is 137 Å². The molecule has 0 aromatic heterocycles. The number of esters is 1. The van der Waals surface area contributed by atoms with Gasteiger partial charge in [0.05, 0.1) is 13.0 Å². The number of allylic oxidation sites excluding steroid dienone is 1. The molecule has 4 aromatic carbocycles. The standard InChI is InChI=1S/C35H37BrO3Si/c1-26(33(34(37)38-5)28-21-23-29(36)24-22-28)25-32(27-15-9-6-10-16-27)39-40(35(2,3)4,30-17-11-7-12-18-30)31-19-13-8-14-20-31/h6-26,33H,1-5H3/b32-25-/t26-,33-/m1/s1. The summed E-state index contributed by atoms with van der Waals surface area (Å²) >= 11 is 3.51. The minimum atomic E-state index is -2.91. The molecular formula is C35H37BrO3Si. The van der Waals surface area contributed by atoms with Crippen molar-refractivity contribution in [1.29, 1.82) is 0 Å². The van der Waals surface area contributed by atoms with Gasteiger partial charge in [0, 0.05) is 10.0 Å². The zero-order valence-corrected chi connectivity index (χ0v) is 26.4.